The van der Waals surface area contributed by atoms with Gasteiger partial charge in [0.2, 0.25) is 0 Å². The van der Waals surface area contributed by atoms with Crippen molar-refractivity contribution in [2.75, 3.05) is 6.54 Å². The monoisotopic (exact) mass is 217 g/mol. The molecule has 0 spiro atoms. The number of rotatable bonds is 5. The number of aromatic nitrogens is 2. The minimum absolute atomic E-state index is 0.324. The van der Waals surface area contributed by atoms with E-state index < -0.39 is 0 Å². The molecule has 1 aromatic rings. The van der Waals surface area contributed by atoms with Gasteiger partial charge in [0.05, 0.1) is 5.69 Å². The van der Waals surface area contributed by atoms with Gasteiger partial charge in [0.15, 0.2) is 0 Å². The zero-order valence-corrected chi connectivity index (χ0v) is 9.82. The van der Waals surface area contributed by atoms with Crippen LogP contribution in [-0.4, -0.2) is 16.5 Å². The van der Waals surface area contributed by atoms with Crippen LogP contribution in [0.2, 0.25) is 0 Å². The standard InChI is InChI=1S/C13H19N3/c1-10(12-8-14-6-7-15-12)16-9-13(4-5-13)11-2-3-11/h6-8,10-11,16H,2-5,9H2,1H3. The largest absolute Gasteiger partial charge is 0.308 e. The quantitative estimate of drug-likeness (QED) is 0.822. The summed E-state index contributed by atoms with van der Waals surface area (Å²) >= 11 is 0. The maximum absolute atomic E-state index is 4.34. The van der Waals surface area contributed by atoms with Crippen molar-refractivity contribution in [2.24, 2.45) is 11.3 Å². The third kappa shape index (κ3) is 1.96. The van der Waals surface area contributed by atoms with Crippen molar-refractivity contribution in [1.29, 1.82) is 0 Å². The van der Waals surface area contributed by atoms with Gasteiger partial charge in [-0.25, -0.2) is 0 Å². The molecule has 2 aliphatic carbocycles. The highest BCUT2D eigenvalue weighted by Crippen LogP contribution is 2.60. The first-order valence-electron chi connectivity index (χ1n) is 6.29. The molecule has 0 aliphatic heterocycles. The Labute approximate surface area is 96.7 Å². The molecule has 1 heterocycles. The highest BCUT2D eigenvalue weighted by atomic mass is 15.0. The topological polar surface area (TPSA) is 37.8 Å². The second kappa shape index (κ2) is 3.81. The fraction of sp³-hybridized carbons (Fsp3) is 0.692. The molecule has 86 valence electrons. The Morgan fingerprint density at radius 1 is 1.44 bits per heavy atom. The molecule has 3 heteroatoms. The van der Waals surface area contributed by atoms with Crippen LogP contribution < -0.4 is 5.32 Å². The maximum atomic E-state index is 4.34. The van der Waals surface area contributed by atoms with Crippen LogP contribution in [0.15, 0.2) is 18.6 Å². The van der Waals surface area contributed by atoms with E-state index in [0.717, 1.165) is 18.2 Å². The van der Waals surface area contributed by atoms with E-state index in [4.69, 9.17) is 0 Å². The van der Waals surface area contributed by atoms with Crippen LogP contribution in [0.1, 0.15) is 44.3 Å². The van der Waals surface area contributed by atoms with Gasteiger partial charge >= 0.3 is 0 Å². The Bertz CT molecular complexity index is 355. The predicted octanol–water partition coefficient (Wildman–Crippen LogP) is 2.32. The summed E-state index contributed by atoms with van der Waals surface area (Å²) in [6.07, 6.45) is 11.1. The molecule has 0 radical (unpaired) electrons. The van der Waals surface area contributed by atoms with E-state index in [1.165, 1.54) is 25.7 Å². The van der Waals surface area contributed by atoms with Crippen LogP contribution in [0, 0.1) is 11.3 Å². The Balaban J connectivity index is 1.55. The Morgan fingerprint density at radius 2 is 2.25 bits per heavy atom. The van der Waals surface area contributed by atoms with Crippen LogP contribution in [0.4, 0.5) is 0 Å². The summed E-state index contributed by atoms with van der Waals surface area (Å²) in [5, 5.41) is 3.62. The van der Waals surface area contributed by atoms with E-state index in [-0.39, 0.29) is 0 Å². The van der Waals surface area contributed by atoms with Crippen LogP contribution in [0.3, 0.4) is 0 Å². The lowest BCUT2D eigenvalue weighted by Gasteiger charge is -2.19. The molecule has 0 aromatic carbocycles. The van der Waals surface area contributed by atoms with Gasteiger partial charge in [-0.05, 0) is 43.9 Å². The molecule has 1 atom stereocenters. The molecule has 2 saturated carbocycles. The predicted molar refractivity (Wildman–Crippen MR) is 62.8 cm³/mol. The molecular formula is C13H19N3. The van der Waals surface area contributed by atoms with Gasteiger partial charge in [-0.2, -0.15) is 0 Å². The van der Waals surface area contributed by atoms with Crippen molar-refractivity contribution in [3.05, 3.63) is 24.3 Å². The minimum atomic E-state index is 0.324. The Hall–Kier alpha value is -0.960. The third-order valence-corrected chi connectivity index (χ3v) is 4.12. The van der Waals surface area contributed by atoms with E-state index in [9.17, 15) is 0 Å². The molecule has 0 bridgehead atoms. The van der Waals surface area contributed by atoms with Gasteiger partial charge < -0.3 is 5.32 Å². The second-order valence-corrected chi connectivity index (χ2v) is 5.37. The average molecular weight is 217 g/mol. The summed E-state index contributed by atoms with van der Waals surface area (Å²) in [6, 6.07) is 0.324. The first kappa shape index (κ1) is 10.2. The highest BCUT2D eigenvalue weighted by molar-refractivity contribution is 5.07. The van der Waals surface area contributed by atoms with Crippen molar-refractivity contribution in [2.45, 2.75) is 38.6 Å². The molecular weight excluding hydrogens is 198 g/mol. The SMILES string of the molecule is CC(NCC1(C2CC2)CC1)c1cnccn1. The average Bonchev–Trinajstić information content (AvgIpc) is 3.17. The fourth-order valence-corrected chi connectivity index (χ4v) is 2.58. The molecule has 3 nitrogen and oxygen atoms in total. The minimum Gasteiger partial charge on any atom is -0.308 e. The number of hydrogen-bond donors (Lipinski definition) is 1. The molecule has 2 fully saturated rings. The van der Waals surface area contributed by atoms with Crippen molar-refractivity contribution >= 4 is 0 Å². The first-order chi connectivity index (χ1) is 7.80. The van der Waals surface area contributed by atoms with Crippen molar-refractivity contribution in [1.82, 2.24) is 15.3 Å². The summed E-state index contributed by atoms with van der Waals surface area (Å²) < 4.78 is 0. The van der Waals surface area contributed by atoms with Crippen LogP contribution >= 0.6 is 0 Å². The van der Waals surface area contributed by atoms with Crippen molar-refractivity contribution in [3.8, 4) is 0 Å². The summed E-state index contributed by atoms with van der Waals surface area (Å²) in [5.74, 6) is 1.02. The summed E-state index contributed by atoms with van der Waals surface area (Å²) in [7, 11) is 0. The lowest BCUT2D eigenvalue weighted by molar-refractivity contribution is 0.379. The smallest absolute Gasteiger partial charge is 0.0753 e. The fourth-order valence-electron chi connectivity index (χ4n) is 2.58. The Morgan fingerprint density at radius 3 is 2.81 bits per heavy atom. The molecule has 1 aromatic heterocycles. The molecule has 2 aliphatic rings. The van der Waals surface area contributed by atoms with Gasteiger partial charge in [0.25, 0.3) is 0 Å². The molecule has 16 heavy (non-hydrogen) atoms. The van der Waals surface area contributed by atoms with E-state index in [2.05, 4.69) is 22.2 Å². The number of nitrogens with one attached hydrogen (secondary N) is 1. The van der Waals surface area contributed by atoms with Crippen LogP contribution in [0.5, 0.6) is 0 Å². The maximum Gasteiger partial charge on any atom is 0.0753 e. The zero-order valence-electron chi connectivity index (χ0n) is 9.82. The van der Waals surface area contributed by atoms with Gasteiger partial charge in [-0.3, -0.25) is 9.97 Å². The number of nitrogens with zero attached hydrogens (tertiary/aromatic N) is 2. The van der Waals surface area contributed by atoms with E-state index in [0.29, 0.717) is 11.5 Å². The number of hydrogen-bond acceptors (Lipinski definition) is 3. The van der Waals surface area contributed by atoms with Crippen LogP contribution in [-0.2, 0) is 0 Å². The van der Waals surface area contributed by atoms with E-state index >= 15 is 0 Å². The second-order valence-electron chi connectivity index (χ2n) is 5.37. The molecule has 0 amide bonds. The van der Waals surface area contributed by atoms with Crippen molar-refractivity contribution in [3.63, 3.8) is 0 Å². The molecule has 1 N–H and O–H groups in total. The molecule has 0 saturated heterocycles. The first-order valence-corrected chi connectivity index (χ1v) is 6.29. The van der Waals surface area contributed by atoms with Crippen LogP contribution in [0.25, 0.3) is 0 Å². The summed E-state index contributed by atoms with van der Waals surface area (Å²) in [6.45, 7) is 3.34. The van der Waals surface area contributed by atoms with Gasteiger partial charge in [0, 0.05) is 31.2 Å². The normalized spacial score (nSPS) is 24.1. The highest BCUT2D eigenvalue weighted by Gasteiger charge is 2.53. The summed E-state index contributed by atoms with van der Waals surface area (Å²) in [5.41, 5.74) is 1.71. The zero-order chi connectivity index (χ0) is 11.0. The van der Waals surface area contributed by atoms with E-state index in [1.807, 2.05) is 6.20 Å². The molecule has 3 rings (SSSR count). The lowest BCUT2D eigenvalue weighted by atomic mass is 10.0. The molecule has 1 unspecified atom stereocenters. The Kier molecular flexibility index (Phi) is 2.43. The van der Waals surface area contributed by atoms with Gasteiger partial charge in [0.1, 0.15) is 0 Å². The van der Waals surface area contributed by atoms with Gasteiger partial charge in [-0.15, -0.1) is 0 Å². The van der Waals surface area contributed by atoms with E-state index in [1.54, 1.807) is 12.4 Å². The lowest BCUT2D eigenvalue weighted by Crippen LogP contribution is -2.28. The summed E-state index contributed by atoms with van der Waals surface area (Å²) in [4.78, 5) is 8.45. The third-order valence-electron chi connectivity index (χ3n) is 4.12. The van der Waals surface area contributed by atoms with Gasteiger partial charge in [-0.1, -0.05) is 0 Å². The van der Waals surface area contributed by atoms with Crippen molar-refractivity contribution < 1.29 is 0 Å².